The van der Waals surface area contributed by atoms with Crippen LogP contribution in [0.15, 0.2) is 12.1 Å². The summed E-state index contributed by atoms with van der Waals surface area (Å²) in [5.41, 5.74) is 0.749. The van der Waals surface area contributed by atoms with Crippen LogP contribution < -0.4 is 9.47 Å². The van der Waals surface area contributed by atoms with E-state index in [1.807, 2.05) is 12.1 Å². The van der Waals surface area contributed by atoms with Gasteiger partial charge in [0.25, 0.3) is 0 Å². The molecule has 6 heteroatoms. The third-order valence-corrected chi connectivity index (χ3v) is 4.86. The molecule has 1 unspecified atom stereocenters. The average molecular weight is 345 g/mol. The van der Waals surface area contributed by atoms with Crippen LogP contribution in [0.25, 0.3) is 0 Å². The summed E-state index contributed by atoms with van der Waals surface area (Å²) in [4.78, 5) is 24.4. The largest absolute Gasteiger partial charge is 0.493 e. The number of hydrogen-bond acceptors (Lipinski definition) is 6. The lowest BCUT2D eigenvalue weighted by atomic mass is 9.64. The molecule has 0 bridgehead atoms. The van der Waals surface area contributed by atoms with Gasteiger partial charge in [0.15, 0.2) is 11.5 Å². The summed E-state index contributed by atoms with van der Waals surface area (Å²) >= 11 is 0. The molecule has 0 N–H and O–H groups in total. The van der Waals surface area contributed by atoms with E-state index < -0.39 is 5.41 Å². The Morgan fingerprint density at radius 2 is 2.00 bits per heavy atom. The summed E-state index contributed by atoms with van der Waals surface area (Å²) in [7, 11) is 4.41. The second-order valence-corrected chi connectivity index (χ2v) is 6.11. The molecule has 1 aromatic rings. The van der Waals surface area contributed by atoms with E-state index in [9.17, 15) is 14.9 Å². The van der Waals surface area contributed by atoms with Crippen molar-refractivity contribution < 1.29 is 23.8 Å². The van der Waals surface area contributed by atoms with Crippen molar-refractivity contribution in [1.82, 2.24) is 0 Å². The summed E-state index contributed by atoms with van der Waals surface area (Å²) in [6.07, 6.45) is 2.09. The topological polar surface area (TPSA) is 85.6 Å². The van der Waals surface area contributed by atoms with Crippen molar-refractivity contribution in [1.29, 1.82) is 5.26 Å². The van der Waals surface area contributed by atoms with Crippen LogP contribution in [0.4, 0.5) is 0 Å². The molecule has 0 saturated heterocycles. The van der Waals surface area contributed by atoms with Crippen molar-refractivity contribution in [2.45, 2.75) is 43.9 Å². The van der Waals surface area contributed by atoms with Gasteiger partial charge in [0.1, 0.15) is 5.78 Å². The van der Waals surface area contributed by atoms with Crippen LogP contribution in [0, 0.1) is 11.3 Å². The van der Waals surface area contributed by atoms with Crippen molar-refractivity contribution in [3.63, 3.8) is 0 Å². The van der Waals surface area contributed by atoms with E-state index in [-0.39, 0.29) is 24.6 Å². The first kappa shape index (κ1) is 18.8. The second-order valence-electron chi connectivity index (χ2n) is 6.11. The summed E-state index contributed by atoms with van der Waals surface area (Å²) < 4.78 is 15.6. The maximum absolute atomic E-state index is 12.9. The second kappa shape index (κ2) is 8.02. The van der Waals surface area contributed by atoms with Gasteiger partial charge in [-0.1, -0.05) is 6.07 Å². The van der Waals surface area contributed by atoms with Gasteiger partial charge in [-0.25, -0.2) is 0 Å². The molecule has 0 fully saturated rings. The average Bonchev–Trinajstić information content (AvgIpc) is 2.63. The van der Waals surface area contributed by atoms with Crippen LogP contribution in [-0.2, 0) is 26.2 Å². The Labute approximate surface area is 147 Å². The number of ether oxygens (including phenoxy) is 3. The lowest BCUT2D eigenvalue weighted by molar-refractivity contribution is -0.141. The molecule has 0 aromatic heterocycles. The van der Waals surface area contributed by atoms with E-state index >= 15 is 0 Å². The van der Waals surface area contributed by atoms with Crippen molar-refractivity contribution >= 4 is 11.8 Å². The third-order valence-electron chi connectivity index (χ3n) is 4.86. The van der Waals surface area contributed by atoms with Gasteiger partial charge in [-0.2, -0.15) is 5.26 Å². The Bertz CT molecular complexity index is 707. The fourth-order valence-electron chi connectivity index (χ4n) is 3.64. The molecule has 25 heavy (non-hydrogen) atoms. The third kappa shape index (κ3) is 3.46. The normalized spacial score (nSPS) is 18.9. The van der Waals surface area contributed by atoms with Gasteiger partial charge in [-0.15, -0.1) is 0 Å². The predicted octanol–water partition coefficient (Wildman–Crippen LogP) is 2.71. The van der Waals surface area contributed by atoms with Crippen molar-refractivity contribution in [2.75, 3.05) is 21.3 Å². The Hall–Kier alpha value is -2.55. The molecule has 1 aliphatic rings. The first-order valence-corrected chi connectivity index (χ1v) is 8.25. The maximum atomic E-state index is 12.9. The zero-order valence-electron chi connectivity index (χ0n) is 14.9. The van der Waals surface area contributed by atoms with E-state index in [2.05, 4.69) is 10.8 Å². The van der Waals surface area contributed by atoms with Gasteiger partial charge in [0.2, 0.25) is 0 Å². The fourth-order valence-corrected chi connectivity index (χ4v) is 3.64. The maximum Gasteiger partial charge on any atom is 0.305 e. The minimum absolute atomic E-state index is 0.0120. The van der Waals surface area contributed by atoms with Gasteiger partial charge < -0.3 is 14.2 Å². The smallest absolute Gasteiger partial charge is 0.305 e. The molecule has 0 spiro atoms. The Kier molecular flexibility index (Phi) is 6.02. The number of fused-ring (bicyclic) bond motifs is 1. The zero-order chi connectivity index (χ0) is 18.4. The summed E-state index contributed by atoms with van der Waals surface area (Å²) in [5, 5.41) is 9.41. The highest BCUT2D eigenvalue weighted by molar-refractivity contribution is 5.94. The molecule has 1 atom stereocenters. The van der Waals surface area contributed by atoms with Crippen LogP contribution >= 0.6 is 0 Å². The molecule has 0 saturated carbocycles. The van der Waals surface area contributed by atoms with E-state index in [1.165, 1.54) is 21.3 Å². The quantitative estimate of drug-likeness (QED) is 0.706. The number of esters is 1. The SMILES string of the molecule is COC(=O)CCCC1(CC#N)C(=O)CCc2ccc(OC)c(OC)c21. The van der Waals surface area contributed by atoms with Crippen molar-refractivity contribution in [3.8, 4) is 17.6 Å². The number of benzene rings is 1. The van der Waals surface area contributed by atoms with Crippen LogP contribution in [0.1, 0.15) is 43.2 Å². The number of carbonyl (C=O) groups excluding carboxylic acids is 2. The molecule has 134 valence electrons. The van der Waals surface area contributed by atoms with E-state index in [1.54, 1.807) is 0 Å². The molecule has 2 rings (SSSR count). The highest BCUT2D eigenvalue weighted by Gasteiger charge is 2.46. The number of nitrogens with zero attached hydrogens (tertiary/aromatic N) is 1. The molecular formula is C19H23NO5. The van der Waals surface area contributed by atoms with Crippen LogP contribution in [0.2, 0.25) is 0 Å². The Morgan fingerprint density at radius 1 is 1.24 bits per heavy atom. The van der Waals surface area contributed by atoms with E-state index in [4.69, 9.17) is 9.47 Å². The first-order chi connectivity index (χ1) is 12.0. The number of ketones is 1. The molecular weight excluding hydrogens is 322 g/mol. The first-order valence-electron chi connectivity index (χ1n) is 8.25. The minimum Gasteiger partial charge on any atom is -0.493 e. The lowest BCUT2D eigenvalue weighted by Gasteiger charge is -2.37. The standard InChI is InChI=1S/C19H23NO5/c1-23-14-8-6-13-7-9-15(21)19(11-12-20,17(13)18(14)25-3)10-4-5-16(22)24-2/h6,8H,4-5,7,9-11H2,1-3H3. The van der Waals surface area contributed by atoms with Gasteiger partial charge >= 0.3 is 5.97 Å². The van der Waals surface area contributed by atoms with Crippen molar-refractivity contribution in [2.24, 2.45) is 0 Å². The molecule has 0 aliphatic heterocycles. The molecule has 6 nitrogen and oxygen atoms in total. The van der Waals surface area contributed by atoms with Gasteiger partial charge in [0, 0.05) is 18.4 Å². The highest BCUT2D eigenvalue weighted by atomic mass is 16.5. The fraction of sp³-hybridized carbons (Fsp3) is 0.526. The van der Waals surface area contributed by atoms with Gasteiger partial charge in [0.05, 0.1) is 39.2 Å². The number of nitriles is 1. The number of aryl methyl sites for hydroxylation is 1. The predicted molar refractivity (Wildman–Crippen MR) is 90.6 cm³/mol. The number of hydrogen-bond donors (Lipinski definition) is 0. The summed E-state index contributed by atoms with van der Waals surface area (Å²) in [6.45, 7) is 0. The Morgan fingerprint density at radius 3 is 2.60 bits per heavy atom. The minimum atomic E-state index is -0.976. The van der Waals surface area contributed by atoms with Crippen LogP contribution in [-0.4, -0.2) is 33.1 Å². The molecule has 1 aromatic carbocycles. The zero-order valence-corrected chi connectivity index (χ0v) is 14.9. The lowest BCUT2D eigenvalue weighted by Crippen LogP contribution is -2.40. The van der Waals surface area contributed by atoms with Crippen LogP contribution in [0.5, 0.6) is 11.5 Å². The van der Waals surface area contributed by atoms with Gasteiger partial charge in [-0.3, -0.25) is 9.59 Å². The number of carbonyl (C=O) groups is 2. The Balaban J connectivity index is 2.54. The summed E-state index contributed by atoms with van der Waals surface area (Å²) in [5.74, 6) is 0.721. The molecule has 0 heterocycles. The van der Waals surface area contributed by atoms with Crippen LogP contribution in [0.3, 0.4) is 0 Å². The number of Topliss-reactive ketones (excluding diaryl/α,β-unsaturated/α-hetero) is 1. The molecule has 0 radical (unpaired) electrons. The highest BCUT2D eigenvalue weighted by Crippen LogP contribution is 2.49. The van der Waals surface area contributed by atoms with Gasteiger partial charge in [-0.05, 0) is 30.9 Å². The van der Waals surface area contributed by atoms with E-state index in [0.29, 0.717) is 37.2 Å². The number of methoxy groups -OCH3 is 3. The van der Waals surface area contributed by atoms with Crippen molar-refractivity contribution in [3.05, 3.63) is 23.3 Å². The number of rotatable bonds is 7. The van der Waals surface area contributed by atoms with E-state index in [0.717, 1.165) is 11.1 Å². The molecule has 1 aliphatic carbocycles. The summed E-state index contributed by atoms with van der Waals surface area (Å²) in [6, 6.07) is 5.90. The molecule has 0 amide bonds. The monoisotopic (exact) mass is 345 g/mol.